The maximum Gasteiger partial charge on any atom is 0.420 e. The van der Waals surface area contributed by atoms with E-state index in [1.165, 1.54) is 7.11 Å². The Balaban J connectivity index is 3.37. The topological polar surface area (TPSA) is 49.7 Å². The summed E-state index contributed by atoms with van der Waals surface area (Å²) < 4.78 is 41.8. The highest BCUT2D eigenvalue weighted by atomic mass is 19.4. The van der Waals surface area contributed by atoms with Gasteiger partial charge in [-0.05, 0) is 12.1 Å². The Kier molecular flexibility index (Phi) is 3.09. The van der Waals surface area contributed by atoms with Gasteiger partial charge in [0.05, 0.1) is 13.7 Å². The first-order valence-corrected chi connectivity index (χ1v) is 3.98. The zero-order valence-electron chi connectivity index (χ0n) is 7.80. The Hall–Kier alpha value is -1.43. The van der Waals surface area contributed by atoms with E-state index in [1.54, 1.807) is 0 Å². The summed E-state index contributed by atoms with van der Waals surface area (Å²) in [5.74, 6) is -1.03. The molecule has 0 saturated heterocycles. The monoisotopic (exact) mass is 222 g/mol. The maximum absolute atomic E-state index is 12.4. The van der Waals surface area contributed by atoms with Crippen LogP contribution < -0.4 is 4.74 Å². The average molecular weight is 222 g/mol. The summed E-state index contributed by atoms with van der Waals surface area (Å²) >= 11 is 0. The SMILES string of the molecule is COc1cc(CO)c(O)c(C(F)(F)F)c1. The zero-order chi connectivity index (χ0) is 11.6. The number of methoxy groups -OCH3 is 1. The molecular formula is C9H9F3O3. The fourth-order valence-electron chi connectivity index (χ4n) is 1.12. The average Bonchev–Trinajstić information content (AvgIpc) is 2.16. The van der Waals surface area contributed by atoms with Crippen LogP contribution in [0.25, 0.3) is 0 Å². The lowest BCUT2D eigenvalue weighted by Gasteiger charge is -2.13. The lowest BCUT2D eigenvalue weighted by atomic mass is 10.1. The van der Waals surface area contributed by atoms with Crippen molar-refractivity contribution in [3.63, 3.8) is 0 Å². The molecule has 0 fully saturated rings. The molecule has 1 rings (SSSR count). The van der Waals surface area contributed by atoms with Gasteiger partial charge in [0.25, 0.3) is 0 Å². The fourth-order valence-corrected chi connectivity index (χ4v) is 1.12. The Morgan fingerprint density at radius 3 is 2.33 bits per heavy atom. The maximum atomic E-state index is 12.4. The van der Waals surface area contributed by atoms with E-state index < -0.39 is 24.1 Å². The molecular weight excluding hydrogens is 213 g/mol. The number of hydrogen-bond acceptors (Lipinski definition) is 3. The van der Waals surface area contributed by atoms with Crippen molar-refractivity contribution in [2.24, 2.45) is 0 Å². The van der Waals surface area contributed by atoms with Crippen LogP contribution >= 0.6 is 0 Å². The number of phenols is 1. The van der Waals surface area contributed by atoms with Crippen LogP contribution in [-0.4, -0.2) is 17.3 Å². The van der Waals surface area contributed by atoms with Gasteiger partial charge in [-0.25, -0.2) is 0 Å². The van der Waals surface area contributed by atoms with Gasteiger partial charge in [-0.15, -0.1) is 0 Å². The molecule has 6 heteroatoms. The number of benzene rings is 1. The minimum absolute atomic E-state index is 0.0656. The Labute approximate surface area is 83.7 Å². The number of halogens is 3. The molecule has 0 aliphatic carbocycles. The number of hydrogen-bond donors (Lipinski definition) is 2. The van der Waals surface area contributed by atoms with E-state index in [0.29, 0.717) is 6.07 Å². The summed E-state index contributed by atoms with van der Waals surface area (Å²) in [4.78, 5) is 0. The Morgan fingerprint density at radius 1 is 1.33 bits per heavy atom. The Morgan fingerprint density at radius 2 is 1.93 bits per heavy atom. The number of ether oxygens (including phenoxy) is 1. The van der Waals surface area contributed by atoms with Crippen molar-refractivity contribution in [2.75, 3.05) is 7.11 Å². The largest absolute Gasteiger partial charge is 0.507 e. The smallest absolute Gasteiger partial charge is 0.420 e. The van der Waals surface area contributed by atoms with Gasteiger partial charge in [-0.3, -0.25) is 0 Å². The molecule has 1 aromatic carbocycles. The van der Waals surface area contributed by atoms with Crippen molar-refractivity contribution in [2.45, 2.75) is 12.8 Å². The first-order chi connectivity index (χ1) is 6.90. The molecule has 2 N–H and O–H groups in total. The van der Waals surface area contributed by atoms with Crippen LogP contribution in [0, 0.1) is 0 Å². The van der Waals surface area contributed by atoms with E-state index in [4.69, 9.17) is 5.11 Å². The molecule has 1 aromatic rings. The van der Waals surface area contributed by atoms with Crippen molar-refractivity contribution in [1.82, 2.24) is 0 Å². The van der Waals surface area contributed by atoms with Gasteiger partial charge in [-0.1, -0.05) is 0 Å². The number of alkyl halides is 3. The van der Waals surface area contributed by atoms with E-state index in [1.807, 2.05) is 0 Å². The summed E-state index contributed by atoms with van der Waals surface area (Å²) in [6.45, 7) is -0.688. The van der Waals surface area contributed by atoms with E-state index >= 15 is 0 Å². The summed E-state index contributed by atoms with van der Waals surface area (Å²) in [5.41, 5.74) is -1.44. The number of aromatic hydroxyl groups is 1. The molecule has 0 atom stereocenters. The summed E-state index contributed by atoms with van der Waals surface area (Å²) in [6, 6.07) is 1.82. The van der Waals surface area contributed by atoms with Crippen molar-refractivity contribution in [3.05, 3.63) is 23.3 Å². The lowest BCUT2D eigenvalue weighted by molar-refractivity contribution is -0.139. The van der Waals surface area contributed by atoms with Crippen molar-refractivity contribution in [1.29, 1.82) is 0 Å². The molecule has 0 aromatic heterocycles. The van der Waals surface area contributed by atoms with E-state index in [9.17, 15) is 18.3 Å². The van der Waals surface area contributed by atoms with Crippen molar-refractivity contribution >= 4 is 0 Å². The molecule has 84 valence electrons. The third-order valence-electron chi connectivity index (χ3n) is 1.87. The van der Waals surface area contributed by atoms with Gasteiger partial charge < -0.3 is 14.9 Å². The van der Waals surface area contributed by atoms with Gasteiger partial charge in [0, 0.05) is 5.56 Å². The van der Waals surface area contributed by atoms with E-state index in [2.05, 4.69) is 4.74 Å². The molecule has 0 saturated carbocycles. The summed E-state index contributed by atoms with van der Waals surface area (Å²) in [7, 11) is 1.20. The minimum Gasteiger partial charge on any atom is -0.507 e. The predicted molar refractivity (Wildman–Crippen MR) is 45.6 cm³/mol. The highest BCUT2D eigenvalue weighted by Gasteiger charge is 2.35. The van der Waals surface area contributed by atoms with Crippen LogP contribution in [0.3, 0.4) is 0 Å². The van der Waals surface area contributed by atoms with Crippen LogP contribution in [0.5, 0.6) is 11.5 Å². The zero-order valence-corrected chi connectivity index (χ0v) is 7.80. The van der Waals surface area contributed by atoms with Crippen molar-refractivity contribution < 1.29 is 28.1 Å². The second-order valence-corrected chi connectivity index (χ2v) is 2.84. The highest BCUT2D eigenvalue weighted by molar-refractivity contribution is 5.47. The van der Waals surface area contributed by atoms with Gasteiger partial charge in [0.15, 0.2) is 0 Å². The molecule has 0 heterocycles. The molecule has 0 aliphatic rings. The van der Waals surface area contributed by atoms with Gasteiger partial charge in [0.1, 0.15) is 17.1 Å². The molecule has 0 spiro atoms. The van der Waals surface area contributed by atoms with Gasteiger partial charge in [-0.2, -0.15) is 13.2 Å². The number of aliphatic hydroxyl groups excluding tert-OH is 1. The first-order valence-electron chi connectivity index (χ1n) is 3.98. The highest BCUT2D eigenvalue weighted by Crippen LogP contribution is 2.40. The molecule has 15 heavy (non-hydrogen) atoms. The second-order valence-electron chi connectivity index (χ2n) is 2.84. The molecule has 0 aliphatic heterocycles. The minimum atomic E-state index is -4.68. The molecule has 3 nitrogen and oxygen atoms in total. The molecule has 0 unspecified atom stereocenters. The normalized spacial score (nSPS) is 11.5. The molecule has 0 amide bonds. The first kappa shape index (κ1) is 11.6. The van der Waals surface area contributed by atoms with Crippen LogP contribution in [0.1, 0.15) is 11.1 Å². The third kappa shape index (κ3) is 2.33. The predicted octanol–water partition coefficient (Wildman–Crippen LogP) is 1.91. The fraction of sp³-hybridized carbons (Fsp3) is 0.333. The summed E-state index contributed by atoms with van der Waals surface area (Å²) in [6.07, 6.45) is -4.68. The standard InChI is InChI=1S/C9H9F3O3/c1-15-6-2-5(4-13)8(14)7(3-6)9(10,11)12/h2-3,13-14H,4H2,1H3. The van der Waals surface area contributed by atoms with Crippen LogP contribution in [0.4, 0.5) is 13.2 Å². The second kappa shape index (κ2) is 3.98. The van der Waals surface area contributed by atoms with E-state index in [0.717, 1.165) is 6.07 Å². The molecule has 0 bridgehead atoms. The van der Waals surface area contributed by atoms with Crippen LogP contribution in [0.15, 0.2) is 12.1 Å². The number of rotatable bonds is 2. The quantitative estimate of drug-likeness (QED) is 0.803. The van der Waals surface area contributed by atoms with E-state index in [-0.39, 0.29) is 11.3 Å². The molecule has 0 radical (unpaired) electrons. The van der Waals surface area contributed by atoms with Crippen LogP contribution in [-0.2, 0) is 12.8 Å². The van der Waals surface area contributed by atoms with Crippen LogP contribution in [0.2, 0.25) is 0 Å². The Bertz CT molecular complexity index is 360. The number of aliphatic hydroxyl groups is 1. The van der Waals surface area contributed by atoms with Crippen molar-refractivity contribution in [3.8, 4) is 11.5 Å². The summed E-state index contributed by atoms with van der Waals surface area (Å²) in [5, 5.41) is 18.0. The third-order valence-corrected chi connectivity index (χ3v) is 1.87. The van der Waals surface area contributed by atoms with Gasteiger partial charge >= 0.3 is 6.18 Å². The lowest BCUT2D eigenvalue weighted by Crippen LogP contribution is -2.07. The van der Waals surface area contributed by atoms with Gasteiger partial charge in [0.2, 0.25) is 0 Å².